The molecule has 178 valence electrons. The molecule has 0 aliphatic heterocycles. The third-order valence-corrected chi connectivity index (χ3v) is 5.44. The second kappa shape index (κ2) is 9.09. The molecule has 0 spiro atoms. The zero-order valence-electron chi connectivity index (χ0n) is 18.5. The SMILES string of the molecule is CC(C)(C)c1cc(Nc2nc(NCc3cc(-c4ccccc4C(F)(F)F)no3)ncc2Br)n[nH]1. The number of rotatable bonds is 6. The first kappa shape index (κ1) is 23.7. The van der Waals surface area contributed by atoms with Gasteiger partial charge in [0.1, 0.15) is 5.69 Å². The van der Waals surface area contributed by atoms with Crippen molar-refractivity contribution < 1.29 is 17.7 Å². The highest BCUT2D eigenvalue weighted by Gasteiger charge is 2.34. The summed E-state index contributed by atoms with van der Waals surface area (Å²) in [6, 6.07) is 8.57. The minimum absolute atomic E-state index is 0.0509. The first-order valence-corrected chi connectivity index (χ1v) is 11.0. The van der Waals surface area contributed by atoms with Crippen LogP contribution in [0.4, 0.5) is 30.8 Å². The summed E-state index contributed by atoms with van der Waals surface area (Å²) in [6.07, 6.45) is -2.93. The highest BCUT2D eigenvalue weighted by atomic mass is 79.9. The van der Waals surface area contributed by atoms with Crippen LogP contribution in [0, 0.1) is 0 Å². The van der Waals surface area contributed by atoms with Gasteiger partial charge in [0.25, 0.3) is 0 Å². The fourth-order valence-corrected chi connectivity index (χ4v) is 3.36. The van der Waals surface area contributed by atoms with Crippen LogP contribution in [0.25, 0.3) is 11.3 Å². The maximum atomic E-state index is 13.3. The molecule has 3 aromatic heterocycles. The third kappa shape index (κ3) is 5.38. The predicted molar refractivity (Wildman–Crippen MR) is 125 cm³/mol. The van der Waals surface area contributed by atoms with Gasteiger partial charge in [-0.2, -0.15) is 23.3 Å². The van der Waals surface area contributed by atoms with Gasteiger partial charge in [-0.05, 0) is 22.0 Å². The molecule has 0 amide bonds. The van der Waals surface area contributed by atoms with Crippen molar-refractivity contribution in [3.63, 3.8) is 0 Å². The summed E-state index contributed by atoms with van der Waals surface area (Å²) in [5.74, 6) is 1.70. The number of nitrogens with zero attached hydrogens (tertiary/aromatic N) is 4. The van der Waals surface area contributed by atoms with E-state index in [1.165, 1.54) is 24.3 Å². The molecule has 0 atom stereocenters. The summed E-state index contributed by atoms with van der Waals surface area (Å²) < 4.78 is 45.7. The van der Waals surface area contributed by atoms with Crippen molar-refractivity contribution in [3.8, 4) is 11.3 Å². The highest BCUT2D eigenvalue weighted by molar-refractivity contribution is 9.10. The summed E-state index contributed by atoms with van der Waals surface area (Å²) >= 11 is 3.41. The summed E-state index contributed by atoms with van der Waals surface area (Å²) in [4.78, 5) is 8.62. The standard InChI is InChI=1S/C22H21BrF3N7O/c1-21(2,3)17-9-18(32-31-17)29-19-15(23)11-28-20(30-19)27-10-12-8-16(33-34-12)13-6-4-5-7-14(13)22(24,25)26/h4-9,11H,10H2,1-3H3,(H3,27,28,29,30,31,32). The summed E-state index contributed by atoms with van der Waals surface area (Å²) in [5, 5.41) is 17.2. The lowest BCUT2D eigenvalue weighted by atomic mass is 9.92. The van der Waals surface area contributed by atoms with Crippen LogP contribution >= 0.6 is 15.9 Å². The van der Waals surface area contributed by atoms with Crippen molar-refractivity contribution in [3.05, 3.63) is 64.1 Å². The Morgan fingerprint density at radius 3 is 2.59 bits per heavy atom. The monoisotopic (exact) mass is 535 g/mol. The normalized spacial score (nSPS) is 12.1. The number of hydrogen-bond donors (Lipinski definition) is 3. The number of nitrogens with one attached hydrogen (secondary N) is 3. The van der Waals surface area contributed by atoms with E-state index in [4.69, 9.17) is 4.52 Å². The van der Waals surface area contributed by atoms with Gasteiger partial charge in [0.05, 0.1) is 16.6 Å². The second-order valence-corrected chi connectivity index (χ2v) is 9.36. The largest absolute Gasteiger partial charge is 0.417 e. The van der Waals surface area contributed by atoms with Gasteiger partial charge in [-0.1, -0.05) is 44.1 Å². The highest BCUT2D eigenvalue weighted by Crippen LogP contribution is 2.36. The zero-order chi connectivity index (χ0) is 24.5. The van der Waals surface area contributed by atoms with Crippen LogP contribution < -0.4 is 10.6 Å². The van der Waals surface area contributed by atoms with Crippen LogP contribution in [0.2, 0.25) is 0 Å². The van der Waals surface area contributed by atoms with Crippen molar-refractivity contribution in [1.82, 2.24) is 25.3 Å². The maximum Gasteiger partial charge on any atom is 0.417 e. The van der Waals surface area contributed by atoms with Gasteiger partial charge in [-0.25, -0.2) is 4.98 Å². The Morgan fingerprint density at radius 2 is 1.88 bits per heavy atom. The fraction of sp³-hybridized carbons (Fsp3) is 0.273. The Morgan fingerprint density at radius 1 is 1.12 bits per heavy atom. The van der Waals surface area contributed by atoms with Crippen LogP contribution in [0.3, 0.4) is 0 Å². The fourth-order valence-electron chi connectivity index (χ4n) is 3.07. The molecule has 8 nitrogen and oxygen atoms in total. The zero-order valence-corrected chi connectivity index (χ0v) is 20.0. The molecule has 0 bridgehead atoms. The average molecular weight is 536 g/mol. The van der Waals surface area contributed by atoms with E-state index < -0.39 is 11.7 Å². The minimum atomic E-state index is -4.50. The maximum absolute atomic E-state index is 13.3. The van der Waals surface area contributed by atoms with Crippen LogP contribution in [-0.4, -0.2) is 25.3 Å². The number of alkyl halides is 3. The lowest BCUT2D eigenvalue weighted by molar-refractivity contribution is -0.137. The smallest absolute Gasteiger partial charge is 0.359 e. The molecule has 0 unspecified atom stereocenters. The molecule has 4 aromatic rings. The van der Waals surface area contributed by atoms with E-state index in [0.717, 1.165) is 11.8 Å². The number of aromatic nitrogens is 5. The molecule has 0 aliphatic carbocycles. The van der Waals surface area contributed by atoms with E-state index in [0.29, 0.717) is 21.9 Å². The minimum Gasteiger partial charge on any atom is -0.359 e. The van der Waals surface area contributed by atoms with Gasteiger partial charge in [0, 0.05) is 35.0 Å². The topological polar surface area (TPSA) is 105 Å². The van der Waals surface area contributed by atoms with Crippen LogP contribution in [-0.2, 0) is 18.1 Å². The molecule has 0 saturated carbocycles. The molecule has 0 aliphatic rings. The molecule has 12 heteroatoms. The molecule has 0 saturated heterocycles. The molecular weight excluding hydrogens is 515 g/mol. The number of benzene rings is 1. The molecular formula is C22H21BrF3N7O. The number of hydrogen-bond acceptors (Lipinski definition) is 7. The molecule has 1 aromatic carbocycles. The van der Waals surface area contributed by atoms with Gasteiger partial charge >= 0.3 is 6.18 Å². The molecule has 34 heavy (non-hydrogen) atoms. The third-order valence-electron chi connectivity index (χ3n) is 4.86. The first-order chi connectivity index (χ1) is 16.0. The molecule has 0 fully saturated rings. The molecule has 0 radical (unpaired) electrons. The van der Waals surface area contributed by atoms with E-state index in [-0.39, 0.29) is 29.2 Å². The lowest BCUT2D eigenvalue weighted by Gasteiger charge is -2.14. The van der Waals surface area contributed by atoms with Crippen molar-refractivity contribution >= 4 is 33.5 Å². The quantitative estimate of drug-likeness (QED) is 0.266. The van der Waals surface area contributed by atoms with E-state index in [9.17, 15) is 13.2 Å². The summed E-state index contributed by atoms with van der Waals surface area (Å²) in [5.41, 5.74) is 0.149. The van der Waals surface area contributed by atoms with E-state index in [1.807, 2.05) is 6.07 Å². The van der Waals surface area contributed by atoms with Crippen molar-refractivity contribution in [1.29, 1.82) is 0 Å². The van der Waals surface area contributed by atoms with Crippen molar-refractivity contribution in [2.45, 2.75) is 38.9 Å². The Labute approximate surface area is 201 Å². The predicted octanol–water partition coefficient (Wildman–Crippen LogP) is 6.29. The van der Waals surface area contributed by atoms with Crippen LogP contribution in [0.15, 0.2) is 51.6 Å². The van der Waals surface area contributed by atoms with Crippen molar-refractivity contribution in [2.24, 2.45) is 0 Å². The van der Waals surface area contributed by atoms with E-state index in [1.54, 1.807) is 6.20 Å². The molecule has 3 heterocycles. The van der Waals surface area contributed by atoms with Gasteiger partial charge in [-0.15, -0.1) is 0 Å². The lowest BCUT2D eigenvalue weighted by Crippen LogP contribution is -2.11. The van der Waals surface area contributed by atoms with Gasteiger partial charge in [0.2, 0.25) is 5.95 Å². The number of halogens is 4. The average Bonchev–Trinajstić information content (AvgIpc) is 3.43. The van der Waals surface area contributed by atoms with Crippen LogP contribution in [0.1, 0.15) is 37.8 Å². The number of anilines is 3. The Kier molecular flexibility index (Phi) is 6.34. The van der Waals surface area contributed by atoms with Gasteiger partial charge in [0.15, 0.2) is 17.4 Å². The molecule has 4 rings (SSSR count). The Hall–Kier alpha value is -3.41. The Bertz CT molecular complexity index is 1290. The number of H-pyrrole nitrogens is 1. The van der Waals surface area contributed by atoms with E-state index >= 15 is 0 Å². The molecule has 3 N–H and O–H groups in total. The van der Waals surface area contributed by atoms with Crippen molar-refractivity contribution in [2.75, 3.05) is 10.6 Å². The Balaban J connectivity index is 1.46. The number of aromatic amines is 1. The summed E-state index contributed by atoms with van der Waals surface area (Å²) in [7, 11) is 0. The van der Waals surface area contributed by atoms with E-state index in [2.05, 4.69) is 72.7 Å². The first-order valence-electron chi connectivity index (χ1n) is 10.2. The van der Waals surface area contributed by atoms with Crippen LogP contribution in [0.5, 0.6) is 0 Å². The van der Waals surface area contributed by atoms with Gasteiger partial charge in [-0.3, -0.25) is 5.10 Å². The van der Waals surface area contributed by atoms with Gasteiger partial charge < -0.3 is 15.2 Å². The summed E-state index contributed by atoms with van der Waals surface area (Å²) in [6.45, 7) is 6.34. The second-order valence-electron chi connectivity index (χ2n) is 8.51.